The van der Waals surface area contributed by atoms with Crippen LogP contribution in [0.5, 0.6) is 0 Å². The number of aromatic nitrogens is 2. The van der Waals surface area contributed by atoms with E-state index in [2.05, 4.69) is 10.4 Å². The molecule has 0 aliphatic heterocycles. The third-order valence-electron chi connectivity index (χ3n) is 4.91. The number of nitrogens with zero attached hydrogens (tertiary/aromatic N) is 2. The molecule has 7 nitrogen and oxygen atoms in total. The van der Waals surface area contributed by atoms with Gasteiger partial charge in [0, 0.05) is 22.2 Å². The van der Waals surface area contributed by atoms with Crippen molar-refractivity contribution in [3.63, 3.8) is 0 Å². The number of fused-ring (bicyclic) bond motifs is 1. The summed E-state index contributed by atoms with van der Waals surface area (Å²) in [6.07, 6.45) is 0.820. The number of halogens is 1. The summed E-state index contributed by atoms with van der Waals surface area (Å²) in [6, 6.07) is 16.2. The number of nitrogens with one attached hydrogen (secondary N) is 1. The summed E-state index contributed by atoms with van der Waals surface area (Å²) in [6.45, 7) is 1.85. The van der Waals surface area contributed by atoms with Gasteiger partial charge in [-0.1, -0.05) is 48.0 Å². The fourth-order valence-corrected chi connectivity index (χ4v) is 4.50. The normalized spacial score (nSPS) is 10.8. The maximum Gasteiger partial charge on any atom is 0.359 e. The molecular formula is C24H20ClN3O4S. The summed E-state index contributed by atoms with van der Waals surface area (Å²) >= 11 is 7.26. The zero-order valence-electron chi connectivity index (χ0n) is 17.7. The van der Waals surface area contributed by atoms with E-state index in [0.29, 0.717) is 27.5 Å². The van der Waals surface area contributed by atoms with Crippen molar-refractivity contribution in [2.75, 3.05) is 11.9 Å². The Hall–Kier alpha value is -3.49. The maximum atomic E-state index is 13.4. The molecule has 0 unspecified atom stereocenters. The second-order valence-corrected chi connectivity index (χ2v) is 8.47. The van der Waals surface area contributed by atoms with E-state index < -0.39 is 11.5 Å². The number of hydrogen-bond acceptors (Lipinski definition) is 6. The van der Waals surface area contributed by atoms with Gasteiger partial charge in [0.15, 0.2) is 5.69 Å². The maximum absolute atomic E-state index is 13.4. The van der Waals surface area contributed by atoms with E-state index in [4.69, 9.17) is 16.3 Å². The van der Waals surface area contributed by atoms with Crippen LogP contribution >= 0.6 is 22.9 Å². The topological polar surface area (TPSA) is 90.3 Å². The van der Waals surface area contributed by atoms with Crippen LogP contribution in [0.25, 0.3) is 16.5 Å². The molecule has 9 heteroatoms. The van der Waals surface area contributed by atoms with Gasteiger partial charge < -0.3 is 10.1 Å². The molecule has 2 aromatic heterocycles. The van der Waals surface area contributed by atoms with E-state index in [-0.39, 0.29) is 30.0 Å². The third kappa shape index (κ3) is 4.97. The fourth-order valence-electron chi connectivity index (χ4n) is 3.37. The average Bonchev–Trinajstić information content (AvgIpc) is 3.23. The molecular weight excluding hydrogens is 462 g/mol. The van der Waals surface area contributed by atoms with E-state index in [9.17, 15) is 14.4 Å². The van der Waals surface area contributed by atoms with Crippen molar-refractivity contribution in [1.29, 1.82) is 0 Å². The highest BCUT2D eigenvalue weighted by molar-refractivity contribution is 7.16. The first-order chi connectivity index (χ1) is 16.0. The zero-order valence-corrected chi connectivity index (χ0v) is 19.3. The number of carbonyl (C=O) groups excluding carboxylic acids is 2. The smallest absolute Gasteiger partial charge is 0.359 e. The van der Waals surface area contributed by atoms with Crippen LogP contribution in [0.15, 0.2) is 64.8 Å². The first-order valence-corrected chi connectivity index (χ1v) is 11.5. The Morgan fingerprint density at radius 1 is 1.15 bits per heavy atom. The van der Waals surface area contributed by atoms with E-state index in [1.165, 1.54) is 0 Å². The number of esters is 1. The van der Waals surface area contributed by atoms with Crippen molar-refractivity contribution in [2.45, 2.75) is 19.8 Å². The van der Waals surface area contributed by atoms with Crippen LogP contribution < -0.4 is 10.9 Å². The molecule has 0 radical (unpaired) electrons. The minimum atomic E-state index is -0.655. The Labute approximate surface area is 198 Å². The van der Waals surface area contributed by atoms with Gasteiger partial charge in [0.25, 0.3) is 5.56 Å². The van der Waals surface area contributed by atoms with Crippen molar-refractivity contribution >= 4 is 50.6 Å². The molecule has 4 aromatic rings. The van der Waals surface area contributed by atoms with Gasteiger partial charge >= 0.3 is 5.97 Å². The van der Waals surface area contributed by atoms with Crippen LogP contribution in [0, 0.1) is 0 Å². The molecule has 0 spiro atoms. The lowest BCUT2D eigenvalue weighted by molar-refractivity contribution is -0.116. The summed E-state index contributed by atoms with van der Waals surface area (Å²) in [4.78, 5) is 38.6. The number of rotatable bonds is 7. The zero-order chi connectivity index (χ0) is 23.4. The molecule has 0 bridgehead atoms. The number of hydrogen-bond donors (Lipinski definition) is 1. The SMILES string of the molecule is CCOC(=O)c1nn(-c2cccc(Cl)c2)c(=O)c2c(NC(=O)CCc3ccccc3)scc12. The van der Waals surface area contributed by atoms with Gasteiger partial charge in [0.05, 0.1) is 17.7 Å². The average molecular weight is 482 g/mol. The molecule has 0 aliphatic rings. The number of amides is 1. The minimum absolute atomic E-state index is 0.00698. The van der Waals surface area contributed by atoms with Crippen molar-refractivity contribution in [2.24, 2.45) is 0 Å². The van der Waals surface area contributed by atoms with Crippen molar-refractivity contribution in [3.05, 3.63) is 86.6 Å². The molecule has 1 N–H and O–H groups in total. The number of benzene rings is 2. The second kappa shape index (κ2) is 9.97. The van der Waals surface area contributed by atoms with Crippen molar-refractivity contribution in [3.8, 4) is 5.69 Å². The van der Waals surface area contributed by atoms with Gasteiger partial charge in [-0.2, -0.15) is 9.78 Å². The summed E-state index contributed by atoms with van der Waals surface area (Å²) in [5.74, 6) is -0.885. The summed E-state index contributed by atoms with van der Waals surface area (Å²) in [5.41, 5.74) is 0.959. The lowest BCUT2D eigenvalue weighted by atomic mass is 10.1. The van der Waals surface area contributed by atoms with Crippen LogP contribution in [0.2, 0.25) is 5.02 Å². The molecule has 0 atom stereocenters. The molecule has 0 saturated heterocycles. The summed E-state index contributed by atoms with van der Waals surface area (Å²) < 4.78 is 6.25. The number of aryl methyl sites for hydroxylation is 1. The van der Waals surface area contributed by atoms with Crippen LogP contribution in [0.1, 0.15) is 29.4 Å². The van der Waals surface area contributed by atoms with Crippen LogP contribution in [0.3, 0.4) is 0 Å². The summed E-state index contributed by atoms with van der Waals surface area (Å²) in [5, 5.41) is 10.0. The van der Waals surface area contributed by atoms with Gasteiger partial charge in [-0.3, -0.25) is 9.59 Å². The second-order valence-electron chi connectivity index (χ2n) is 7.15. The van der Waals surface area contributed by atoms with Gasteiger partial charge in [-0.05, 0) is 37.1 Å². The first kappa shape index (κ1) is 22.7. The predicted octanol–water partition coefficient (Wildman–Crippen LogP) is 4.85. The lowest BCUT2D eigenvalue weighted by Gasteiger charge is -2.10. The van der Waals surface area contributed by atoms with E-state index in [1.54, 1.807) is 36.6 Å². The Kier molecular flexibility index (Phi) is 6.86. The highest BCUT2D eigenvalue weighted by Gasteiger charge is 2.23. The Bertz CT molecular complexity index is 1380. The Morgan fingerprint density at radius 3 is 2.67 bits per heavy atom. The molecule has 4 rings (SSSR count). The lowest BCUT2D eigenvalue weighted by Crippen LogP contribution is -2.25. The minimum Gasteiger partial charge on any atom is -0.461 e. The number of ether oxygens (including phenoxy) is 1. The van der Waals surface area contributed by atoms with E-state index in [1.807, 2.05) is 30.3 Å². The van der Waals surface area contributed by atoms with E-state index >= 15 is 0 Å². The molecule has 33 heavy (non-hydrogen) atoms. The first-order valence-electron chi connectivity index (χ1n) is 10.3. The Morgan fingerprint density at radius 2 is 1.94 bits per heavy atom. The summed E-state index contributed by atoms with van der Waals surface area (Å²) in [7, 11) is 0. The highest BCUT2D eigenvalue weighted by Crippen LogP contribution is 2.31. The third-order valence-corrected chi connectivity index (χ3v) is 6.04. The van der Waals surface area contributed by atoms with Gasteiger partial charge in [0.1, 0.15) is 5.00 Å². The predicted molar refractivity (Wildman–Crippen MR) is 130 cm³/mol. The molecule has 0 aliphatic carbocycles. The fraction of sp³-hybridized carbons (Fsp3) is 0.167. The van der Waals surface area contributed by atoms with E-state index in [0.717, 1.165) is 21.6 Å². The van der Waals surface area contributed by atoms with Gasteiger partial charge in [-0.15, -0.1) is 11.3 Å². The largest absolute Gasteiger partial charge is 0.461 e. The molecule has 1 amide bonds. The Balaban J connectivity index is 1.74. The monoisotopic (exact) mass is 481 g/mol. The van der Waals surface area contributed by atoms with Crippen molar-refractivity contribution < 1.29 is 14.3 Å². The number of carbonyl (C=O) groups is 2. The molecule has 2 aromatic carbocycles. The molecule has 0 saturated carbocycles. The standard InChI is InChI=1S/C24H20ClN3O4S/c1-2-32-24(31)21-18-14-33-22(26-19(29)12-11-15-7-4-3-5-8-15)20(18)23(30)28(27-21)17-10-6-9-16(25)13-17/h3-10,13-14H,2,11-12H2,1H3,(H,26,29). The van der Waals surface area contributed by atoms with Crippen LogP contribution in [-0.2, 0) is 16.0 Å². The quantitative estimate of drug-likeness (QED) is 0.381. The molecule has 168 valence electrons. The van der Waals surface area contributed by atoms with Crippen molar-refractivity contribution in [1.82, 2.24) is 9.78 Å². The molecule has 0 fully saturated rings. The highest BCUT2D eigenvalue weighted by atomic mass is 35.5. The number of thiophene rings is 1. The van der Waals surface area contributed by atoms with Gasteiger partial charge in [-0.25, -0.2) is 4.79 Å². The van der Waals surface area contributed by atoms with Gasteiger partial charge in [0.2, 0.25) is 5.91 Å². The van der Waals surface area contributed by atoms with Crippen LogP contribution in [0.4, 0.5) is 5.00 Å². The molecule has 2 heterocycles. The number of anilines is 1. The van der Waals surface area contributed by atoms with Crippen LogP contribution in [-0.4, -0.2) is 28.3 Å².